The first-order chi connectivity index (χ1) is 8.49. The summed E-state index contributed by atoms with van der Waals surface area (Å²) in [6.45, 7) is 1.97. The van der Waals surface area contributed by atoms with Crippen LogP contribution in [0.5, 0.6) is 0 Å². The zero-order valence-corrected chi connectivity index (χ0v) is 12.5. The van der Waals surface area contributed by atoms with Crippen molar-refractivity contribution in [3.8, 4) is 0 Å². The minimum atomic E-state index is -2.66. The molecule has 0 saturated heterocycles. The van der Waals surface area contributed by atoms with Crippen molar-refractivity contribution >= 4 is 40.2 Å². The van der Waals surface area contributed by atoms with Gasteiger partial charge in [-0.3, -0.25) is 9.78 Å². The maximum Gasteiger partial charge on any atom is 0.310 e. The van der Waals surface area contributed by atoms with Gasteiger partial charge in [-0.15, -0.1) is 11.6 Å². The van der Waals surface area contributed by atoms with E-state index in [1.54, 1.807) is 6.92 Å². The van der Waals surface area contributed by atoms with Gasteiger partial charge in [-0.25, -0.2) is 8.78 Å². The molecule has 3 nitrogen and oxygen atoms in total. The second-order valence-corrected chi connectivity index (χ2v) is 4.80. The highest BCUT2D eigenvalue weighted by Crippen LogP contribution is 2.25. The number of carbonyl (C=O) groups is 1. The Morgan fingerprint density at radius 1 is 1.61 bits per heavy atom. The Labute approximate surface area is 122 Å². The lowest BCUT2D eigenvalue weighted by Crippen LogP contribution is -2.12. The Balaban J connectivity index is 3.07. The minimum absolute atomic E-state index is 0.00924. The van der Waals surface area contributed by atoms with Crippen LogP contribution >= 0.6 is 34.2 Å². The molecule has 7 heteroatoms. The smallest absolute Gasteiger partial charge is 0.310 e. The Kier molecular flexibility index (Phi) is 6.20. The summed E-state index contributed by atoms with van der Waals surface area (Å²) < 4.78 is 30.5. The number of alkyl halides is 3. The zero-order chi connectivity index (χ0) is 13.7. The van der Waals surface area contributed by atoms with E-state index in [1.807, 2.05) is 22.6 Å². The molecule has 1 rings (SSSR count). The molecule has 1 aromatic rings. The van der Waals surface area contributed by atoms with E-state index in [9.17, 15) is 13.6 Å². The molecule has 0 amide bonds. The predicted molar refractivity (Wildman–Crippen MR) is 71.8 cm³/mol. The third-order valence-electron chi connectivity index (χ3n) is 2.15. The van der Waals surface area contributed by atoms with Crippen LogP contribution < -0.4 is 0 Å². The van der Waals surface area contributed by atoms with E-state index in [1.165, 1.54) is 6.07 Å². The van der Waals surface area contributed by atoms with Crippen LogP contribution in [0.3, 0.4) is 0 Å². The molecular weight excluding hydrogens is 378 g/mol. The number of hydrogen-bond acceptors (Lipinski definition) is 3. The number of carbonyl (C=O) groups excluding carboxylic acids is 1. The lowest BCUT2D eigenvalue weighted by atomic mass is 10.1. The molecule has 0 aromatic carbocycles. The molecule has 1 heterocycles. The van der Waals surface area contributed by atoms with Crippen molar-refractivity contribution in [1.82, 2.24) is 4.98 Å². The molecule has 0 unspecified atom stereocenters. The molecule has 0 saturated carbocycles. The third kappa shape index (κ3) is 4.01. The van der Waals surface area contributed by atoms with Gasteiger partial charge in [0.1, 0.15) is 5.69 Å². The number of pyridine rings is 1. The van der Waals surface area contributed by atoms with Crippen molar-refractivity contribution in [2.24, 2.45) is 0 Å². The van der Waals surface area contributed by atoms with Gasteiger partial charge in [-0.2, -0.15) is 0 Å². The number of rotatable bonds is 5. The molecule has 0 atom stereocenters. The minimum Gasteiger partial charge on any atom is -0.466 e. The summed E-state index contributed by atoms with van der Waals surface area (Å²) >= 11 is 7.57. The van der Waals surface area contributed by atoms with Crippen LogP contribution in [0.1, 0.15) is 30.3 Å². The van der Waals surface area contributed by atoms with E-state index >= 15 is 0 Å². The topological polar surface area (TPSA) is 39.2 Å². The van der Waals surface area contributed by atoms with E-state index in [2.05, 4.69) is 4.98 Å². The quantitative estimate of drug-likeness (QED) is 0.440. The highest BCUT2D eigenvalue weighted by atomic mass is 127. The summed E-state index contributed by atoms with van der Waals surface area (Å²) in [6.07, 6.45) is -2.66. The maximum atomic E-state index is 12.6. The monoisotopic (exact) mass is 389 g/mol. The third-order valence-corrected chi connectivity index (χ3v) is 3.37. The molecule has 0 aliphatic heterocycles. The van der Waals surface area contributed by atoms with Crippen molar-refractivity contribution in [1.29, 1.82) is 0 Å². The molecule has 0 bridgehead atoms. The van der Waals surface area contributed by atoms with Crippen molar-refractivity contribution in [2.45, 2.75) is 25.7 Å². The second kappa shape index (κ2) is 7.18. The fourth-order valence-corrected chi connectivity index (χ4v) is 2.42. The maximum absolute atomic E-state index is 12.6. The number of nitrogens with zero attached hydrogens (tertiary/aromatic N) is 1. The van der Waals surface area contributed by atoms with Crippen LogP contribution in [0, 0.1) is 3.57 Å². The van der Waals surface area contributed by atoms with Gasteiger partial charge >= 0.3 is 5.97 Å². The SMILES string of the molecule is CCOC(=O)Cc1c(I)cc(C(F)F)nc1CCl. The fourth-order valence-electron chi connectivity index (χ4n) is 1.38. The first-order valence-corrected chi connectivity index (χ1v) is 6.78. The van der Waals surface area contributed by atoms with Gasteiger partial charge in [0.2, 0.25) is 0 Å². The zero-order valence-electron chi connectivity index (χ0n) is 9.55. The van der Waals surface area contributed by atoms with Gasteiger partial charge in [0.05, 0.1) is 24.6 Å². The number of ether oxygens (including phenoxy) is 1. The number of aromatic nitrogens is 1. The van der Waals surface area contributed by atoms with E-state index in [0.29, 0.717) is 14.8 Å². The Hall–Kier alpha value is -0.500. The van der Waals surface area contributed by atoms with Crippen LogP contribution in [-0.2, 0) is 21.8 Å². The molecule has 0 spiro atoms. The molecule has 0 radical (unpaired) electrons. The Bertz CT molecular complexity index is 443. The molecular formula is C11H11ClF2INO2. The van der Waals surface area contributed by atoms with Gasteiger partial charge in [0, 0.05) is 3.57 Å². The van der Waals surface area contributed by atoms with E-state index in [-0.39, 0.29) is 24.6 Å². The number of halogens is 4. The number of hydrogen-bond donors (Lipinski definition) is 0. The van der Waals surface area contributed by atoms with Crippen molar-refractivity contribution in [3.05, 3.63) is 26.6 Å². The average Bonchev–Trinajstić information content (AvgIpc) is 2.31. The van der Waals surface area contributed by atoms with Crippen molar-refractivity contribution < 1.29 is 18.3 Å². The van der Waals surface area contributed by atoms with E-state index < -0.39 is 12.4 Å². The van der Waals surface area contributed by atoms with Gasteiger partial charge in [0.15, 0.2) is 0 Å². The number of esters is 1. The summed E-state index contributed by atoms with van der Waals surface area (Å²) in [5.41, 5.74) is 0.517. The summed E-state index contributed by atoms with van der Waals surface area (Å²) in [4.78, 5) is 15.2. The highest BCUT2D eigenvalue weighted by Gasteiger charge is 2.18. The fraction of sp³-hybridized carbons (Fsp3) is 0.455. The van der Waals surface area contributed by atoms with Crippen LogP contribution in [0.2, 0.25) is 0 Å². The van der Waals surface area contributed by atoms with Crippen LogP contribution in [0.15, 0.2) is 6.07 Å². The van der Waals surface area contributed by atoms with Crippen molar-refractivity contribution in [3.63, 3.8) is 0 Å². The second-order valence-electron chi connectivity index (χ2n) is 3.37. The van der Waals surface area contributed by atoms with Gasteiger partial charge in [-0.1, -0.05) is 0 Å². The molecule has 0 aliphatic carbocycles. The summed E-state index contributed by atoms with van der Waals surface area (Å²) in [7, 11) is 0. The largest absolute Gasteiger partial charge is 0.466 e. The van der Waals surface area contributed by atoms with E-state index in [4.69, 9.17) is 16.3 Å². The van der Waals surface area contributed by atoms with Crippen LogP contribution in [0.25, 0.3) is 0 Å². The molecule has 18 heavy (non-hydrogen) atoms. The first-order valence-electron chi connectivity index (χ1n) is 5.17. The molecule has 100 valence electrons. The predicted octanol–water partition coefficient (Wildman–Crippen LogP) is 3.47. The lowest BCUT2D eigenvalue weighted by Gasteiger charge is -2.11. The molecule has 0 fully saturated rings. The average molecular weight is 390 g/mol. The van der Waals surface area contributed by atoms with Crippen LogP contribution in [0.4, 0.5) is 8.78 Å². The van der Waals surface area contributed by atoms with Crippen LogP contribution in [-0.4, -0.2) is 17.6 Å². The summed E-state index contributed by atoms with van der Waals surface area (Å²) in [5.74, 6) is -0.445. The highest BCUT2D eigenvalue weighted by molar-refractivity contribution is 14.1. The summed E-state index contributed by atoms with van der Waals surface area (Å²) in [5, 5.41) is 0. The lowest BCUT2D eigenvalue weighted by molar-refractivity contribution is -0.142. The Morgan fingerprint density at radius 2 is 2.28 bits per heavy atom. The normalized spacial score (nSPS) is 10.8. The van der Waals surface area contributed by atoms with Crippen molar-refractivity contribution in [2.75, 3.05) is 6.61 Å². The Morgan fingerprint density at radius 3 is 2.78 bits per heavy atom. The van der Waals surface area contributed by atoms with Gasteiger partial charge in [0.25, 0.3) is 6.43 Å². The molecule has 1 aromatic heterocycles. The standard InChI is InChI=1S/C11H11ClF2INO2/c1-2-18-10(17)3-6-7(15)4-8(11(13)14)16-9(6)5-12/h4,11H,2-3,5H2,1H3. The van der Waals surface area contributed by atoms with Gasteiger partial charge in [-0.05, 0) is 41.1 Å². The first kappa shape index (κ1) is 15.6. The molecule has 0 N–H and O–H groups in total. The molecule has 0 aliphatic rings. The summed E-state index contributed by atoms with van der Waals surface area (Å²) in [6, 6.07) is 1.26. The van der Waals surface area contributed by atoms with Gasteiger partial charge < -0.3 is 4.74 Å². The van der Waals surface area contributed by atoms with E-state index in [0.717, 1.165) is 0 Å².